The molecule has 2 aromatic carbocycles. The van der Waals surface area contributed by atoms with Gasteiger partial charge >= 0.3 is 0 Å². The Morgan fingerprint density at radius 2 is 1.88 bits per heavy atom. The first-order valence-corrected chi connectivity index (χ1v) is 10.2. The lowest BCUT2D eigenvalue weighted by atomic mass is 9.79. The van der Waals surface area contributed by atoms with Crippen molar-refractivity contribution in [3.8, 4) is 5.75 Å². The molecule has 1 fully saturated rings. The van der Waals surface area contributed by atoms with Crippen LogP contribution in [0, 0.1) is 17.5 Å². The molecule has 3 heterocycles. The number of fused-ring (bicyclic) bond motifs is 2. The Balaban J connectivity index is 1.82. The van der Waals surface area contributed by atoms with E-state index in [1.807, 2.05) is 0 Å². The van der Waals surface area contributed by atoms with E-state index in [1.54, 1.807) is 6.07 Å². The summed E-state index contributed by atoms with van der Waals surface area (Å²) >= 11 is 0. The maximum Gasteiger partial charge on any atom is 0.276 e. The molecule has 0 spiro atoms. The summed E-state index contributed by atoms with van der Waals surface area (Å²) in [4.78, 5) is 26.6. The Morgan fingerprint density at radius 3 is 2.66 bits per heavy atom. The molecular formula is C23H18F3N3O3. The molecule has 0 radical (unpaired) electrons. The van der Waals surface area contributed by atoms with Gasteiger partial charge in [-0.3, -0.25) is 14.3 Å². The Morgan fingerprint density at radius 1 is 1.09 bits per heavy atom. The second-order valence-electron chi connectivity index (χ2n) is 8.03. The number of hydrogen-bond donors (Lipinski definition) is 1. The van der Waals surface area contributed by atoms with Crippen molar-refractivity contribution in [1.82, 2.24) is 14.7 Å². The molecular weight excluding hydrogens is 423 g/mol. The predicted molar refractivity (Wildman–Crippen MR) is 108 cm³/mol. The molecule has 2 aliphatic rings. The summed E-state index contributed by atoms with van der Waals surface area (Å²) in [6.07, 6.45) is 2.08. The summed E-state index contributed by atoms with van der Waals surface area (Å²) < 4.78 is 44.7. The van der Waals surface area contributed by atoms with Crippen molar-refractivity contribution < 1.29 is 23.1 Å². The van der Waals surface area contributed by atoms with Crippen molar-refractivity contribution >= 4 is 5.91 Å². The number of carbonyl (C=O) groups excluding carboxylic acids is 1. The highest BCUT2D eigenvalue weighted by atomic mass is 19.2. The third-order valence-electron chi connectivity index (χ3n) is 6.29. The van der Waals surface area contributed by atoms with Crippen LogP contribution in [0.5, 0.6) is 5.75 Å². The zero-order valence-electron chi connectivity index (χ0n) is 16.7. The Labute approximate surface area is 180 Å². The fourth-order valence-corrected chi connectivity index (χ4v) is 4.97. The molecule has 0 saturated carbocycles. The standard InChI is InChI=1S/C23H18F3N3O3/c24-13-5-1-4-12(10-13)18(14-6-2-7-15(25)19(14)26)20-16-8-3-9-28(16)23(32)21-22(31)17(30)11-27-29(20)21/h1-2,4-7,10-11,16,18,20,31H,3,8-9H2/t16-,18-,20-/m1/s1. The molecule has 0 aliphatic carbocycles. The molecule has 1 saturated heterocycles. The first-order valence-electron chi connectivity index (χ1n) is 10.2. The van der Waals surface area contributed by atoms with Crippen molar-refractivity contribution in [3.63, 3.8) is 0 Å². The van der Waals surface area contributed by atoms with Gasteiger partial charge in [-0.25, -0.2) is 13.2 Å². The summed E-state index contributed by atoms with van der Waals surface area (Å²) in [6.45, 7) is 0.379. The number of nitrogens with zero attached hydrogens (tertiary/aromatic N) is 3. The van der Waals surface area contributed by atoms with Crippen LogP contribution in [-0.4, -0.2) is 38.3 Å². The van der Waals surface area contributed by atoms with Gasteiger partial charge in [-0.15, -0.1) is 0 Å². The maximum atomic E-state index is 15.1. The minimum Gasteiger partial charge on any atom is -0.502 e. The quantitative estimate of drug-likeness (QED) is 0.677. The van der Waals surface area contributed by atoms with Crippen LogP contribution in [0.1, 0.15) is 46.4 Å². The van der Waals surface area contributed by atoms with E-state index >= 15 is 4.39 Å². The Hall–Kier alpha value is -3.62. The molecule has 9 heteroatoms. The van der Waals surface area contributed by atoms with Crippen molar-refractivity contribution in [2.75, 3.05) is 6.54 Å². The number of hydrogen-bond acceptors (Lipinski definition) is 4. The van der Waals surface area contributed by atoms with Gasteiger partial charge in [0, 0.05) is 18.0 Å². The van der Waals surface area contributed by atoms with E-state index in [9.17, 15) is 23.5 Å². The Bertz CT molecular complexity index is 1290. The Kier molecular flexibility index (Phi) is 4.76. The lowest BCUT2D eigenvalue weighted by Gasteiger charge is -2.42. The van der Waals surface area contributed by atoms with Crippen LogP contribution in [0.4, 0.5) is 13.2 Å². The maximum absolute atomic E-state index is 15.1. The highest BCUT2D eigenvalue weighted by molar-refractivity contribution is 5.96. The molecule has 6 nitrogen and oxygen atoms in total. The number of rotatable bonds is 3. The summed E-state index contributed by atoms with van der Waals surface area (Å²) in [5, 5.41) is 14.5. The molecule has 164 valence electrons. The van der Waals surface area contributed by atoms with Crippen molar-refractivity contribution in [3.05, 3.63) is 93.2 Å². The number of amides is 1. The normalized spacial score (nSPS) is 20.7. The second kappa shape index (κ2) is 7.51. The average molecular weight is 441 g/mol. The molecule has 2 aliphatic heterocycles. The summed E-state index contributed by atoms with van der Waals surface area (Å²) in [6, 6.07) is 8.00. The van der Waals surface area contributed by atoms with Gasteiger partial charge in [-0.1, -0.05) is 24.3 Å². The van der Waals surface area contributed by atoms with Crippen LogP contribution >= 0.6 is 0 Å². The van der Waals surface area contributed by atoms with Crippen LogP contribution in [0.2, 0.25) is 0 Å². The lowest BCUT2D eigenvalue weighted by molar-refractivity contribution is 0.0564. The van der Waals surface area contributed by atoms with Gasteiger partial charge < -0.3 is 10.0 Å². The van der Waals surface area contributed by atoms with Gasteiger partial charge in [0.2, 0.25) is 5.43 Å². The first-order chi connectivity index (χ1) is 15.4. The summed E-state index contributed by atoms with van der Waals surface area (Å²) in [7, 11) is 0. The van der Waals surface area contributed by atoms with Gasteiger partial charge in [0.25, 0.3) is 5.91 Å². The van der Waals surface area contributed by atoms with Gasteiger partial charge in [-0.05, 0) is 36.6 Å². The highest BCUT2D eigenvalue weighted by Crippen LogP contribution is 2.46. The van der Waals surface area contributed by atoms with Crippen LogP contribution in [-0.2, 0) is 0 Å². The molecule has 32 heavy (non-hydrogen) atoms. The summed E-state index contributed by atoms with van der Waals surface area (Å²) in [5.74, 6) is -4.96. The third-order valence-corrected chi connectivity index (χ3v) is 6.29. The number of benzene rings is 2. The van der Waals surface area contributed by atoms with E-state index in [-0.39, 0.29) is 11.3 Å². The van der Waals surface area contributed by atoms with Crippen molar-refractivity contribution in [1.29, 1.82) is 0 Å². The predicted octanol–water partition coefficient (Wildman–Crippen LogP) is 3.36. The van der Waals surface area contributed by atoms with Gasteiger partial charge in [0.15, 0.2) is 23.1 Å². The van der Waals surface area contributed by atoms with E-state index in [0.29, 0.717) is 24.9 Å². The molecule has 3 atom stereocenters. The molecule has 0 bridgehead atoms. The fourth-order valence-electron chi connectivity index (χ4n) is 4.97. The molecule has 5 rings (SSSR count). The van der Waals surface area contributed by atoms with Crippen LogP contribution in [0.25, 0.3) is 0 Å². The minimum atomic E-state index is -1.09. The van der Waals surface area contributed by atoms with Crippen molar-refractivity contribution in [2.24, 2.45) is 0 Å². The highest BCUT2D eigenvalue weighted by Gasteiger charge is 2.48. The SMILES string of the molecule is O=C1c2c(O)c(=O)cnn2[C@@H]([C@H](c2cccc(F)c2)c2cccc(F)c2F)[C@H]2CCCN12. The van der Waals surface area contributed by atoms with Crippen molar-refractivity contribution in [2.45, 2.75) is 30.8 Å². The number of carbonyl (C=O) groups is 1. The monoisotopic (exact) mass is 441 g/mol. The first kappa shape index (κ1) is 20.3. The zero-order chi connectivity index (χ0) is 22.6. The van der Waals surface area contributed by atoms with E-state index in [1.165, 1.54) is 39.9 Å². The second-order valence-corrected chi connectivity index (χ2v) is 8.03. The van der Waals surface area contributed by atoms with Gasteiger partial charge in [-0.2, -0.15) is 5.10 Å². The molecule has 1 aromatic heterocycles. The minimum absolute atomic E-state index is 0.0345. The molecule has 1 amide bonds. The topological polar surface area (TPSA) is 75.4 Å². The van der Waals surface area contributed by atoms with E-state index in [4.69, 9.17) is 0 Å². The number of aromatic hydroxyl groups is 1. The largest absolute Gasteiger partial charge is 0.502 e. The number of halogens is 3. The number of aromatic nitrogens is 2. The average Bonchev–Trinajstić information content (AvgIpc) is 3.26. The van der Waals surface area contributed by atoms with Gasteiger partial charge in [0.05, 0.1) is 18.3 Å². The third kappa shape index (κ3) is 2.99. The van der Waals surface area contributed by atoms with E-state index in [2.05, 4.69) is 5.10 Å². The van der Waals surface area contributed by atoms with E-state index in [0.717, 1.165) is 12.3 Å². The smallest absolute Gasteiger partial charge is 0.276 e. The van der Waals surface area contributed by atoms with Crippen LogP contribution in [0.15, 0.2) is 53.5 Å². The van der Waals surface area contributed by atoms with Crippen LogP contribution < -0.4 is 5.43 Å². The summed E-state index contributed by atoms with van der Waals surface area (Å²) in [5.41, 5.74) is -0.807. The molecule has 3 aromatic rings. The van der Waals surface area contributed by atoms with Crippen LogP contribution in [0.3, 0.4) is 0 Å². The zero-order valence-corrected chi connectivity index (χ0v) is 16.7. The molecule has 0 unspecified atom stereocenters. The fraction of sp³-hybridized carbons (Fsp3) is 0.261. The van der Waals surface area contributed by atoms with E-state index < -0.39 is 52.5 Å². The van der Waals surface area contributed by atoms with Gasteiger partial charge in [0.1, 0.15) is 5.82 Å². The molecule has 1 N–H and O–H groups in total. The lowest BCUT2D eigenvalue weighted by Crippen LogP contribution is -2.51.